The fraction of sp³-hybridized carbons (Fsp3) is 0.308. The Morgan fingerprint density at radius 2 is 2.28 bits per heavy atom. The van der Waals surface area contributed by atoms with Crippen LogP contribution in [0.3, 0.4) is 0 Å². The number of aromatic hydroxyl groups is 1. The summed E-state index contributed by atoms with van der Waals surface area (Å²) in [5, 5.41) is 13.9. The van der Waals surface area contributed by atoms with E-state index in [1.165, 1.54) is 6.07 Å². The number of hydrogen-bond acceptors (Lipinski definition) is 3. The van der Waals surface area contributed by atoms with Crippen LogP contribution in [-0.2, 0) is 11.3 Å². The second kappa shape index (κ2) is 5.64. The van der Waals surface area contributed by atoms with Crippen LogP contribution in [0.4, 0.5) is 4.39 Å². The van der Waals surface area contributed by atoms with E-state index in [1.54, 1.807) is 24.1 Å². The van der Waals surface area contributed by atoms with Crippen molar-refractivity contribution < 1.29 is 14.2 Å². The van der Waals surface area contributed by atoms with Gasteiger partial charge in [-0.15, -0.1) is 0 Å². The standard InChI is InChI=1S/C13H15FN2O2/c1-18-6-2-5-16-9-10(8-15-16)12-4-3-11(14)7-13(12)17/h3-4,7-9,17H,2,5-6H2,1H3. The number of halogens is 1. The number of phenols is 1. The third-order valence-corrected chi connectivity index (χ3v) is 2.64. The third-order valence-electron chi connectivity index (χ3n) is 2.64. The van der Waals surface area contributed by atoms with E-state index in [0.29, 0.717) is 12.2 Å². The predicted molar refractivity (Wildman–Crippen MR) is 65.8 cm³/mol. The number of phenolic OH excluding ortho intramolecular Hbond substituents is 1. The SMILES string of the molecule is COCCCn1cc(-c2ccc(F)cc2O)cn1. The summed E-state index contributed by atoms with van der Waals surface area (Å²) in [7, 11) is 1.66. The largest absolute Gasteiger partial charge is 0.507 e. The maximum absolute atomic E-state index is 12.9. The molecule has 0 aliphatic heterocycles. The Labute approximate surface area is 105 Å². The molecule has 18 heavy (non-hydrogen) atoms. The minimum Gasteiger partial charge on any atom is -0.507 e. The fourth-order valence-electron chi connectivity index (χ4n) is 1.74. The first kappa shape index (κ1) is 12.6. The Morgan fingerprint density at radius 1 is 1.44 bits per heavy atom. The zero-order chi connectivity index (χ0) is 13.0. The highest BCUT2D eigenvalue weighted by Crippen LogP contribution is 2.29. The van der Waals surface area contributed by atoms with Crippen LogP contribution in [0, 0.1) is 5.82 Å². The van der Waals surface area contributed by atoms with E-state index in [0.717, 1.165) is 24.6 Å². The molecule has 5 heteroatoms. The molecule has 96 valence electrons. The van der Waals surface area contributed by atoms with Gasteiger partial charge in [-0.25, -0.2) is 4.39 Å². The van der Waals surface area contributed by atoms with Crippen LogP contribution in [0.15, 0.2) is 30.6 Å². The van der Waals surface area contributed by atoms with Crippen LogP contribution in [-0.4, -0.2) is 28.6 Å². The number of aryl methyl sites for hydroxylation is 1. The lowest BCUT2D eigenvalue weighted by Gasteiger charge is -2.02. The number of benzene rings is 1. The molecule has 1 heterocycles. The summed E-state index contributed by atoms with van der Waals surface area (Å²) < 4.78 is 19.6. The summed E-state index contributed by atoms with van der Waals surface area (Å²) in [5.74, 6) is -0.532. The Hall–Kier alpha value is -1.88. The molecule has 0 saturated carbocycles. The summed E-state index contributed by atoms with van der Waals surface area (Å²) >= 11 is 0. The van der Waals surface area contributed by atoms with Gasteiger partial charge in [-0.1, -0.05) is 0 Å². The van der Waals surface area contributed by atoms with Crippen LogP contribution >= 0.6 is 0 Å². The highest BCUT2D eigenvalue weighted by atomic mass is 19.1. The van der Waals surface area contributed by atoms with Gasteiger partial charge in [0.15, 0.2) is 0 Å². The summed E-state index contributed by atoms with van der Waals surface area (Å²) in [5.41, 5.74) is 1.35. The van der Waals surface area contributed by atoms with E-state index in [1.807, 2.05) is 6.20 Å². The molecule has 0 fully saturated rings. The van der Waals surface area contributed by atoms with Crippen molar-refractivity contribution in [2.45, 2.75) is 13.0 Å². The van der Waals surface area contributed by atoms with Crippen molar-refractivity contribution in [3.05, 3.63) is 36.4 Å². The van der Waals surface area contributed by atoms with Gasteiger partial charge in [0.2, 0.25) is 0 Å². The first-order valence-corrected chi connectivity index (χ1v) is 5.71. The van der Waals surface area contributed by atoms with Gasteiger partial charge in [0, 0.05) is 43.7 Å². The molecule has 1 aromatic carbocycles. The lowest BCUT2D eigenvalue weighted by molar-refractivity contribution is 0.189. The number of hydrogen-bond donors (Lipinski definition) is 1. The van der Waals surface area contributed by atoms with Crippen molar-refractivity contribution in [3.63, 3.8) is 0 Å². The van der Waals surface area contributed by atoms with E-state index in [2.05, 4.69) is 5.10 Å². The lowest BCUT2D eigenvalue weighted by atomic mass is 10.1. The van der Waals surface area contributed by atoms with Crippen LogP contribution < -0.4 is 0 Å². The van der Waals surface area contributed by atoms with Gasteiger partial charge in [0.05, 0.1) is 6.20 Å². The Kier molecular flexibility index (Phi) is 3.94. The molecular formula is C13H15FN2O2. The number of ether oxygens (including phenoxy) is 1. The number of aromatic nitrogens is 2. The number of nitrogens with zero attached hydrogens (tertiary/aromatic N) is 2. The second-order valence-electron chi connectivity index (χ2n) is 4.00. The van der Waals surface area contributed by atoms with Crippen molar-refractivity contribution >= 4 is 0 Å². The average Bonchev–Trinajstić information content (AvgIpc) is 2.78. The molecule has 0 spiro atoms. The third kappa shape index (κ3) is 2.87. The molecule has 0 unspecified atom stereocenters. The van der Waals surface area contributed by atoms with Crippen molar-refractivity contribution in [2.75, 3.05) is 13.7 Å². The molecule has 0 atom stereocenters. The molecule has 0 aliphatic rings. The normalized spacial score (nSPS) is 10.8. The van der Waals surface area contributed by atoms with Crippen LogP contribution in [0.1, 0.15) is 6.42 Å². The molecule has 0 saturated heterocycles. The lowest BCUT2D eigenvalue weighted by Crippen LogP contribution is -2.01. The maximum Gasteiger partial charge on any atom is 0.126 e. The molecular weight excluding hydrogens is 235 g/mol. The van der Waals surface area contributed by atoms with Gasteiger partial charge < -0.3 is 9.84 Å². The Morgan fingerprint density at radius 3 is 3.00 bits per heavy atom. The highest BCUT2D eigenvalue weighted by molar-refractivity contribution is 5.68. The molecule has 0 radical (unpaired) electrons. The van der Waals surface area contributed by atoms with E-state index >= 15 is 0 Å². The topological polar surface area (TPSA) is 47.3 Å². The molecule has 2 rings (SSSR count). The minimum atomic E-state index is -0.455. The monoisotopic (exact) mass is 250 g/mol. The van der Waals surface area contributed by atoms with Gasteiger partial charge in [-0.05, 0) is 18.6 Å². The molecule has 0 aliphatic carbocycles. The van der Waals surface area contributed by atoms with E-state index < -0.39 is 5.82 Å². The first-order valence-electron chi connectivity index (χ1n) is 5.71. The van der Waals surface area contributed by atoms with E-state index in [9.17, 15) is 9.50 Å². The van der Waals surface area contributed by atoms with E-state index in [4.69, 9.17) is 4.74 Å². The fourth-order valence-corrected chi connectivity index (χ4v) is 1.74. The molecule has 0 amide bonds. The minimum absolute atomic E-state index is 0.0774. The van der Waals surface area contributed by atoms with Crippen LogP contribution in [0.5, 0.6) is 5.75 Å². The molecule has 4 nitrogen and oxygen atoms in total. The van der Waals surface area contributed by atoms with Gasteiger partial charge in [0.1, 0.15) is 11.6 Å². The Bertz CT molecular complexity index is 525. The Balaban J connectivity index is 2.13. The van der Waals surface area contributed by atoms with Crippen molar-refractivity contribution in [3.8, 4) is 16.9 Å². The number of methoxy groups -OCH3 is 1. The quantitative estimate of drug-likeness (QED) is 0.829. The van der Waals surface area contributed by atoms with Crippen molar-refractivity contribution in [1.82, 2.24) is 9.78 Å². The summed E-state index contributed by atoms with van der Waals surface area (Å²) in [6.07, 6.45) is 4.34. The van der Waals surface area contributed by atoms with Gasteiger partial charge in [-0.3, -0.25) is 4.68 Å². The molecule has 2 aromatic rings. The van der Waals surface area contributed by atoms with Crippen molar-refractivity contribution in [1.29, 1.82) is 0 Å². The van der Waals surface area contributed by atoms with Gasteiger partial charge in [0.25, 0.3) is 0 Å². The first-order chi connectivity index (χ1) is 8.70. The summed E-state index contributed by atoms with van der Waals surface area (Å²) in [6, 6.07) is 3.95. The predicted octanol–water partition coefficient (Wildman–Crippen LogP) is 2.43. The molecule has 1 N–H and O–H groups in total. The maximum atomic E-state index is 12.9. The second-order valence-corrected chi connectivity index (χ2v) is 4.00. The zero-order valence-electron chi connectivity index (χ0n) is 10.1. The smallest absolute Gasteiger partial charge is 0.126 e. The van der Waals surface area contributed by atoms with Crippen molar-refractivity contribution in [2.24, 2.45) is 0 Å². The van der Waals surface area contributed by atoms with Crippen LogP contribution in [0.25, 0.3) is 11.1 Å². The molecule has 0 bridgehead atoms. The van der Waals surface area contributed by atoms with Gasteiger partial charge >= 0.3 is 0 Å². The number of rotatable bonds is 5. The van der Waals surface area contributed by atoms with Gasteiger partial charge in [-0.2, -0.15) is 5.10 Å². The summed E-state index contributed by atoms with van der Waals surface area (Å²) in [4.78, 5) is 0. The summed E-state index contributed by atoms with van der Waals surface area (Å²) in [6.45, 7) is 1.42. The van der Waals surface area contributed by atoms with E-state index in [-0.39, 0.29) is 5.75 Å². The van der Waals surface area contributed by atoms with Crippen LogP contribution in [0.2, 0.25) is 0 Å². The zero-order valence-corrected chi connectivity index (χ0v) is 10.1. The average molecular weight is 250 g/mol. The molecule has 1 aromatic heterocycles. The highest BCUT2D eigenvalue weighted by Gasteiger charge is 2.07.